The Labute approximate surface area is 95.9 Å². The average molecular weight is 231 g/mol. The lowest BCUT2D eigenvalue weighted by Crippen LogP contribution is -2.49. The molecule has 16 heavy (non-hydrogen) atoms. The molecule has 0 fully saturated rings. The number of nitrogens with two attached hydrogens (primary N) is 1. The summed E-state index contributed by atoms with van der Waals surface area (Å²) in [5, 5.41) is 4.99. The summed E-state index contributed by atoms with van der Waals surface area (Å²) in [5.74, 6) is -0.551. The van der Waals surface area contributed by atoms with E-state index in [0.29, 0.717) is 13.0 Å². The standard InChI is InChI=1S/C10H21N3O3/c1-7(9(14)12-2)13-10(15)8(11)5-4-6-16-3/h7-8H,4-6,11H2,1-3H3,(H,12,14)(H,13,15). The first kappa shape index (κ1) is 14.9. The topological polar surface area (TPSA) is 93.5 Å². The quantitative estimate of drug-likeness (QED) is 0.489. The Balaban J connectivity index is 3.90. The van der Waals surface area contributed by atoms with Crippen molar-refractivity contribution in [2.24, 2.45) is 5.73 Å². The molecule has 6 heteroatoms. The summed E-state index contributed by atoms with van der Waals surface area (Å²) in [4.78, 5) is 22.7. The molecule has 6 nitrogen and oxygen atoms in total. The van der Waals surface area contributed by atoms with E-state index >= 15 is 0 Å². The fraction of sp³-hybridized carbons (Fsp3) is 0.800. The summed E-state index contributed by atoms with van der Waals surface area (Å²) in [5.41, 5.74) is 5.65. The third kappa shape index (κ3) is 5.67. The highest BCUT2D eigenvalue weighted by atomic mass is 16.5. The minimum atomic E-state index is -0.595. The van der Waals surface area contributed by atoms with Gasteiger partial charge in [-0.3, -0.25) is 9.59 Å². The maximum atomic E-state index is 11.5. The molecule has 0 aromatic rings. The third-order valence-corrected chi connectivity index (χ3v) is 2.20. The van der Waals surface area contributed by atoms with Gasteiger partial charge in [0, 0.05) is 20.8 Å². The second-order valence-electron chi connectivity index (χ2n) is 3.59. The molecule has 0 aromatic heterocycles. The van der Waals surface area contributed by atoms with Crippen LogP contribution in [0.1, 0.15) is 19.8 Å². The van der Waals surface area contributed by atoms with Crippen LogP contribution in [0.4, 0.5) is 0 Å². The normalized spacial score (nSPS) is 14.0. The number of likely N-dealkylation sites (N-methyl/N-ethyl adjacent to an activating group) is 1. The summed E-state index contributed by atoms with van der Waals surface area (Å²) in [7, 11) is 3.11. The molecule has 4 N–H and O–H groups in total. The van der Waals surface area contributed by atoms with Crippen molar-refractivity contribution >= 4 is 11.8 Å². The van der Waals surface area contributed by atoms with E-state index in [1.807, 2.05) is 0 Å². The van der Waals surface area contributed by atoms with Crippen molar-refractivity contribution < 1.29 is 14.3 Å². The fourth-order valence-electron chi connectivity index (χ4n) is 1.18. The summed E-state index contributed by atoms with van der Waals surface area (Å²) in [6.07, 6.45) is 1.26. The lowest BCUT2D eigenvalue weighted by molar-refractivity contribution is -0.129. The first-order valence-electron chi connectivity index (χ1n) is 5.29. The Morgan fingerprint density at radius 1 is 1.38 bits per heavy atom. The van der Waals surface area contributed by atoms with E-state index in [1.165, 1.54) is 7.05 Å². The molecule has 2 amide bonds. The predicted molar refractivity (Wildman–Crippen MR) is 60.8 cm³/mol. The molecule has 0 saturated heterocycles. The van der Waals surface area contributed by atoms with Crippen molar-refractivity contribution in [2.75, 3.05) is 20.8 Å². The van der Waals surface area contributed by atoms with E-state index in [2.05, 4.69) is 10.6 Å². The van der Waals surface area contributed by atoms with Crippen LogP contribution >= 0.6 is 0 Å². The van der Waals surface area contributed by atoms with E-state index in [9.17, 15) is 9.59 Å². The molecular formula is C10H21N3O3. The van der Waals surface area contributed by atoms with Crippen LogP contribution in [0.25, 0.3) is 0 Å². The molecule has 0 heterocycles. The van der Waals surface area contributed by atoms with Gasteiger partial charge in [-0.2, -0.15) is 0 Å². The summed E-state index contributed by atoms with van der Waals surface area (Å²) < 4.78 is 4.86. The molecule has 0 rings (SSSR count). The Bertz CT molecular complexity index is 233. The maximum Gasteiger partial charge on any atom is 0.242 e. The molecule has 0 aromatic carbocycles. The van der Waals surface area contributed by atoms with Crippen LogP contribution in [-0.2, 0) is 14.3 Å². The fourth-order valence-corrected chi connectivity index (χ4v) is 1.18. The number of carbonyl (C=O) groups excluding carboxylic acids is 2. The third-order valence-electron chi connectivity index (χ3n) is 2.20. The smallest absolute Gasteiger partial charge is 0.242 e. The highest BCUT2D eigenvalue weighted by Crippen LogP contribution is 1.96. The largest absolute Gasteiger partial charge is 0.385 e. The van der Waals surface area contributed by atoms with Crippen molar-refractivity contribution in [3.63, 3.8) is 0 Å². The van der Waals surface area contributed by atoms with Gasteiger partial charge < -0.3 is 21.1 Å². The van der Waals surface area contributed by atoms with Crippen LogP contribution in [0.2, 0.25) is 0 Å². The van der Waals surface area contributed by atoms with Gasteiger partial charge in [0.05, 0.1) is 6.04 Å². The first-order chi connectivity index (χ1) is 7.52. The SMILES string of the molecule is CNC(=O)C(C)NC(=O)C(N)CCCOC. The van der Waals surface area contributed by atoms with Gasteiger partial charge in [-0.05, 0) is 19.8 Å². The van der Waals surface area contributed by atoms with E-state index in [4.69, 9.17) is 10.5 Å². The number of rotatable bonds is 7. The summed E-state index contributed by atoms with van der Waals surface area (Å²) >= 11 is 0. The van der Waals surface area contributed by atoms with Gasteiger partial charge in [-0.1, -0.05) is 0 Å². The highest BCUT2D eigenvalue weighted by molar-refractivity contribution is 5.89. The number of amides is 2. The zero-order valence-electron chi connectivity index (χ0n) is 10.1. The molecule has 0 aliphatic rings. The van der Waals surface area contributed by atoms with Gasteiger partial charge in [-0.25, -0.2) is 0 Å². The second-order valence-corrected chi connectivity index (χ2v) is 3.59. The molecule has 0 aliphatic carbocycles. The molecular weight excluding hydrogens is 210 g/mol. The Hall–Kier alpha value is -1.14. The molecule has 0 aliphatic heterocycles. The second kappa shape index (κ2) is 8.06. The lowest BCUT2D eigenvalue weighted by Gasteiger charge is -2.16. The van der Waals surface area contributed by atoms with Gasteiger partial charge in [0.2, 0.25) is 11.8 Å². The van der Waals surface area contributed by atoms with Crippen molar-refractivity contribution in [1.82, 2.24) is 10.6 Å². The van der Waals surface area contributed by atoms with Gasteiger partial charge in [0.15, 0.2) is 0 Å². The Morgan fingerprint density at radius 3 is 2.50 bits per heavy atom. The monoisotopic (exact) mass is 231 g/mol. The van der Waals surface area contributed by atoms with E-state index in [1.54, 1.807) is 14.0 Å². The minimum absolute atomic E-state index is 0.238. The number of ether oxygens (including phenoxy) is 1. The number of nitrogens with one attached hydrogen (secondary N) is 2. The van der Waals surface area contributed by atoms with E-state index < -0.39 is 12.1 Å². The van der Waals surface area contributed by atoms with Crippen molar-refractivity contribution in [1.29, 1.82) is 0 Å². The van der Waals surface area contributed by atoms with Gasteiger partial charge in [0.25, 0.3) is 0 Å². The van der Waals surface area contributed by atoms with Crippen LogP contribution < -0.4 is 16.4 Å². The number of hydrogen-bond donors (Lipinski definition) is 3. The number of methoxy groups -OCH3 is 1. The number of hydrogen-bond acceptors (Lipinski definition) is 4. The Kier molecular flexibility index (Phi) is 7.49. The zero-order valence-corrected chi connectivity index (χ0v) is 10.1. The molecule has 2 atom stereocenters. The zero-order chi connectivity index (χ0) is 12.6. The van der Waals surface area contributed by atoms with Gasteiger partial charge in [0.1, 0.15) is 6.04 Å². The van der Waals surface area contributed by atoms with Crippen molar-refractivity contribution in [3.8, 4) is 0 Å². The predicted octanol–water partition coefficient (Wildman–Crippen LogP) is -1.01. The highest BCUT2D eigenvalue weighted by Gasteiger charge is 2.18. The van der Waals surface area contributed by atoms with Crippen LogP contribution in [0.3, 0.4) is 0 Å². The van der Waals surface area contributed by atoms with Crippen molar-refractivity contribution in [3.05, 3.63) is 0 Å². The number of carbonyl (C=O) groups is 2. The van der Waals surface area contributed by atoms with Gasteiger partial charge >= 0.3 is 0 Å². The Morgan fingerprint density at radius 2 is 2.00 bits per heavy atom. The van der Waals surface area contributed by atoms with Crippen LogP contribution in [-0.4, -0.2) is 44.7 Å². The molecule has 94 valence electrons. The molecule has 2 unspecified atom stereocenters. The van der Waals surface area contributed by atoms with E-state index in [0.717, 1.165) is 6.42 Å². The molecule has 0 bridgehead atoms. The van der Waals surface area contributed by atoms with Crippen LogP contribution in [0.5, 0.6) is 0 Å². The van der Waals surface area contributed by atoms with Crippen molar-refractivity contribution in [2.45, 2.75) is 31.8 Å². The van der Waals surface area contributed by atoms with E-state index in [-0.39, 0.29) is 11.8 Å². The summed E-state index contributed by atoms with van der Waals surface area (Å²) in [6.45, 7) is 2.19. The van der Waals surface area contributed by atoms with Gasteiger partial charge in [-0.15, -0.1) is 0 Å². The maximum absolute atomic E-state index is 11.5. The van der Waals surface area contributed by atoms with Crippen LogP contribution in [0.15, 0.2) is 0 Å². The first-order valence-corrected chi connectivity index (χ1v) is 5.29. The summed E-state index contributed by atoms with van der Waals surface area (Å²) in [6, 6.07) is -1.16. The lowest BCUT2D eigenvalue weighted by atomic mass is 10.1. The minimum Gasteiger partial charge on any atom is -0.385 e. The molecule has 0 radical (unpaired) electrons. The average Bonchev–Trinajstić information content (AvgIpc) is 2.27. The molecule has 0 spiro atoms. The molecule has 0 saturated carbocycles. The van der Waals surface area contributed by atoms with Crippen LogP contribution in [0, 0.1) is 0 Å².